The Balaban J connectivity index is 1.87. The molecule has 11 heteroatoms. The monoisotopic (exact) mass is 411 g/mol. The first-order chi connectivity index (χ1) is 12.0. The van der Waals surface area contributed by atoms with Gasteiger partial charge in [0.15, 0.2) is 5.82 Å². The highest BCUT2D eigenvalue weighted by atomic mass is 35.5. The number of halogens is 5. The molecule has 1 fully saturated rings. The summed E-state index contributed by atoms with van der Waals surface area (Å²) in [5.74, 6) is -1.16. The fourth-order valence-electron chi connectivity index (χ4n) is 2.37. The van der Waals surface area contributed by atoms with Crippen LogP contribution >= 0.6 is 11.6 Å². The first-order valence-electron chi connectivity index (χ1n) is 7.65. The molecule has 0 bridgehead atoms. The summed E-state index contributed by atoms with van der Waals surface area (Å²) in [7, 11) is -4.40. The lowest BCUT2D eigenvalue weighted by Gasteiger charge is -2.12. The van der Waals surface area contributed by atoms with Crippen molar-refractivity contribution in [2.45, 2.75) is 31.4 Å². The van der Waals surface area contributed by atoms with E-state index in [4.69, 9.17) is 11.6 Å². The van der Waals surface area contributed by atoms with Crippen LogP contribution in [0.1, 0.15) is 31.0 Å². The summed E-state index contributed by atoms with van der Waals surface area (Å²) in [5.41, 5.74) is -0.231. The topological polar surface area (TPSA) is 74.8 Å². The molecule has 0 aliphatic heterocycles. The van der Waals surface area contributed by atoms with Crippen molar-refractivity contribution in [3.63, 3.8) is 0 Å². The number of aromatic amines is 1. The second-order valence-corrected chi connectivity index (χ2v) is 8.34. The number of nitrogens with one attached hydrogen (secondary N) is 2. The van der Waals surface area contributed by atoms with Crippen molar-refractivity contribution >= 4 is 27.3 Å². The van der Waals surface area contributed by atoms with Crippen molar-refractivity contribution in [1.82, 2.24) is 9.97 Å². The molecule has 142 valence electrons. The highest BCUT2D eigenvalue weighted by Crippen LogP contribution is 2.39. The Bertz CT molecular complexity index is 923. The standard InChI is InChI=1S/C15H14ClF4N3O2S/c16-9-5-10(12-7-21-14(22-12)8-1-2-8)13(17)11(6-9)23-26(24,25)4-3-15(18,19)20/h5-8,23H,1-4H2,(H,21,22). The van der Waals surface area contributed by atoms with Gasteiger partial charge in [-0.05, 0) is 25.0 Å². The molecule has 3 rings (SSSR count). The van der Waals surface area contributed by atoms with Crippen LogP contribution in [0.5, 0.6) is 0 Å². The number of imidazole rings is 1. The van der Waals surface area contributed by atoms with E-state index >= 15 is 0 Å². The molecule has 1 aliphatic carbocycles. The molecule has 1 aromatic carbocycles. The third kappa shape index (κ3) is 4.67. The number of alkyl halides is 3. The van der Waals surface area contributed by atoms with Gasteiger partial charge in [-0.25, -0.2) is 17.8 Å². The molecule has 2 N–H and O–H groups in total. The van der Waals surface area contributed by atoms with Crippen LogP contribution in [0, 0.1) is 5.82 Å². The molecule has 0 amide bonds. The number of nitrogens with zero attached hydrogens (tertiary/aromatic N) is 1. The summed E-state index contributed by atoms with van der Waals surface area (Å²) in [6.45, 7) is 0. The lowest BCUT2D eigenvalue weighted by atomic mass is 10.1. The minimum absolute atomic E-state index is 0.0228. The van der Waals surface area contributed by atoms with Gasteiger partial charge in [-0.2, -0.15) is 13.2 Å². The minimum atomic E-state index is -4.64. The van der Waals surface area contributed by atoms with Crippen LogP contribution < -0.4 is 4.72 Å². The Morgan fingerprint density at radius 1 is 1.31 bits per heavy atom. The number of sulfonamides is 1. The molecule has 2 aromatic rings. The molecule has 0 unspecified atom stereocenters. The molecule has 0 saturated heterocycles. The van der Waals surface area contributed by atoms with Gasteiger partial charge in [-0.1, -0.05) is 11.6 Å². The van der Waals surface area contributed by atoms with Crippen molar-refractivity contribution in [2.75, 3.05) is 10.5 Å². The zero-order valence-electron chi connectivity index (χ0n) is 13.2. The molecule has 1 saturated carbocycles. The van der Waals surface area contributed by atoms with Gasteiger partial charge in [-0.15, -0.1) is 0 Å². The van der Waals surface area contributed by atoms with Crippen LogP contribution in [0.15, 0.2) is 18.3 Å². The molecule has 1 aromatic heterocycles. The van der Waals surface area contributed by atoms with Gasteiger partial charge in [-0.3, -0.25) is 4.72 Å². The number of hydrogen-bond acceptors (Lipinski definition) is 3. The van der Waals surface area contributed by atoms with Crippen LogP contribution in [0.4, 0.5) is 23.2 Å². The Morgan fingerprint density at radius 3 is 2.62 bits per heavy atom. The molecule has 26 heavy (non-hydrogen) atoms. The second-order valence-electron chi connectivity index (χ2n) is 6.06. The number of anilines is 1. The Hall–Kier alpha value is -1.81. The molecule has 0 atom stereocenters. The van der Waals surface area contributed by atoms with Gasteiger partial charge < -0.3 is 4.98 Å². The normalized spacial score (nSPS) is 15.3. The molecule has 1 aliphatic rings. The fraction of sp³-hybridized carbons (Fsp3) is 0.400. The minimum Gasteiger partial charge on any atom is -0.342 e. The van der Waals surface area contributed by atoms with Gasteiger partial charge in [0.1, 0.15) is 5.82 Å². The Morgan fingerprint density at radius 2 is 2.00 bits per heavy atom. The highest BCUT2D eigenvalue weighted by Gasteiger charge is 2.31. The second kappa shape index (κ2) is 6.73. The van der Waals surface area contributed by atoms with Crippen LogP contribution in [-0.4, -0.2) is 30.3 Å². The van der Waals surface area contributed by atoms with Crippen molar-refractivity contribution in [3.8, 4) is 11.3 Å². The first-order valence-corrected chi connectivity index (χ1v) is 9.69. The SMILES string of the molecule is O=S(=O)(CCC(F)(F)F)Nc1cc(Cl)cc(-c2cnc(C3CC3)[nH]2)c1F. The van der Waals surface area contributed by atoms with E-state index in [0.29, 0.717) is 17.4 Å². The lowest BCUT2D eigenvalue weighted by Crippen LogP contribution is -2.22. The largest absolute Gasteiger partial charge is 0.390 e. The van der Waals surface area contributed by atoms with Gasteiger partial charge >= 0.3 is 6.18 Å². The number of aromatic nitrogens is 2. The zero-order chi connectivity index (χ0) is 19.1. The van der Waals surface area contributed by atoms with Gasteiger partial charge in [0.2, 0.25) is 10.0 Å². The van der Waals surface area contributed by atoms with Gasteiger partial charge in [0.25, 0.3) is 0 Å². The predicted molar refractivity (Wildman–Crippen MR) is 89.0 cm³/mol. The third-order valence-corrected chi connectivity index (χ3v) is 5.30. The molecule has 1 heterocycles. The highest BCUT2D eigenvalue weighted by molar-refractivity contribution is 7.92. The maximum absolute atomic E-state index is 14.7. The average molecular weight is 412 g/mol. The van der Waals surface area contributed by atoms with Crippen molar-refractivity contribution < 1.29 is 26.0 Å². The molecular weight excluding hydrogens is 398 g/mol. The van der Waals surface area contributed by atoms with Crippen LogP contribution in [0.3, 0.4) is 0 Å². The summed E-state index contributed by atoms with van der Waals surface area (Å²) in [6.07, 6.45) is -2.81. The number of benzene rings is 1. The van der Waals surface area contributed by atoms with Crippen LogP contribution in [0.25, 0.3) is 11.3 Å². The number of H-pyrrole nitrogens is 1. The average Bonchev–Trinajstić information content (AvgIpc) is 3.26. The van der Waals surface area contributed by atoms with E-state index < -0.39 is 39.9 Å². The number of hydrogen-bond donors (Lipinski definition) is 2. The fourth-order valence-corrected chi connectivity index (χ4v) is 3.67. The summed E-state index contributed by atoms with van der Waals surface area (Å²) in [5, 5.41) is 0.0255. The van der Waals surface area contributed by atoms with E-state index in [9.17, 15) is 26.0 Å². The number of rotatable bonds is 6. The molecule has 5 nitrogen and oxygen atoms in total. The van der Waals surface area contributed by atoms with E-state index in [1.165, 1.54) is 12.3 Å². The summed E-state index contributed by atoms with van der Waals surface area (Å²) in [6, 6.07) is 2.29. The van der Waals surface area contributed by atoms with Gasteiger partial charge in [0.05, 0.1) is 29.8 Å². The van der Waals surface area contributed by atoms with Crippen molar-refractivity contribution in [3.05, 3.63) is 35.0 Å². The van der Waals surface area contributed by atoms with Crippen molar-refractivity contribution in [1.29, 1.82) is 0 Å². The molecule has 0 spiro atoms. The van der Waals surface area contributed by atoms with E-state index in [1.807, 2.05) is 4.72 Å². The van der Waals surface area contributed by atoms with E-state index in [0.717, 1.165) is 18.9 Å². The summed E-state index contributed by atoms with van der Waals surface area (Å²) in [4.78, 5) is 7.12. The predicted octanol–water partition coefficient (Wildman–Crippen LogP) is 4.44. The summed E-state index contributed by atoms with van der Waals surface area (Å²) >= 11 is 5.92. The lowest BCUT2D eigenvalue weighted by molar-refractivity contribution is -0.129. The quantitative estimate of drug-likeness (QED) is 0.690. The summed E-state index contributed by atoms with van der Waals surface area (Å²) < 4.78 is 76.9. The van der Waals surface area contributed by atoms with E-state index in [-0.39, 0.29) is 10.6 Å². The maximum atomic E-state index is 14.7. The van der Waals surface area contributed by atoms with Crippen LogP contribution in [-0.2, 0) is 10.0 Å². The first kappa shape index (κ1) is 19.0. The maximum Gasteiger partial charge on any atom is 0.390 e. The Kier molecular flexibility index (Phi) is 4.91. The van der Waals surface area contributed by atoms with E-state index in [2.05, 4.69) is 9.97 Å². The molecule has 0 radical (unpaired) electrons. The zero-order valence-corrected chi connectivity index (χ0v) is 14.8. The third-order valence-electron chi connectivity index (χ3n) is 3.81. The van der Waals surface area contributed by atoms with Crippen LogP contribution in [0.2, 0.25) is 5.02 Å². The van der Waals surface area contributed by atoms with Gasteiger partial charge in [0, 0.05) is 16.5 Å². The Labute approximate surface area is 151 Å². The van der Waals surface area contributed by atoms with E-state index in [1.54, 1.807) is 0 Å². The molecular formula is C15H14ClF4N3O2S. The smallest absolute Gasteiger partial charge is 0.342 e. The van der Waals surface area contributed by atoms with Crippen molar-refractivity contribution in [2.24, 2.45) is 0 Å².